The molecule has 176 valence electrons. The molecule has 0 amide bonds. The highest BCUT2D eigenvalue weighted by molar-refractivity contribution is 5.82. The van der Waals surface area contributed by atoms with Gasteiger partial charge in [0.25, 0.3) is 0 Å². The fraction of sp³-hybridized carbons (Fsp3) is 0.161. The van der Waals surface area contributed by atoms with Crippen LogP contribution < -0.4 is 9.47 Å². The number of aliphatic imine (C=N–C) groups is 2. The van der Waals surface area contributed by atoms with Gasteiger partial charge in [-0.05, 0) is 115 Å². The highest BCUT2D eigenvalue weighted by Crippen LogP contribution is 2.19. The van der Waals surface area contributed by atoms with Gasteiger partial charge in [0.15, 0.2) is 0 Å². The van der Waals surface area contributed by atoms with Gasteiger partial charge >= 0.3 is 0 Å². The van der Waals surface area contributed by atoms with Crippen molar-refractivity contribution in [1.29, 1.82) is 0 Å². The molecule has 0 heterocycles. The van der Waals surface area contributed by atoms with Crippen molar-refractivity contribution in [3.8, 4) is 11.5 Å². The van der Waals surface area contributed by atoms with Crippen molar-refractivity contribution in [2.24, 2.45) is 9.98 Å². The molecule has 0 fully saturated rings. The molecule has 0 aliphatic heterocycles. The zero-order valence-corrected chi connectivity index (χ0v) is 20.2. The van der Waals surface area contributed by atoms with Crippen LogP contribution in [0.1, 0.15) is 36.1 Å². The maximum absolute atomic E-state index is 5.48. The summed E-state index contributed by atoms with van der Waals surface area (Å²) in [5.41, 5.74) is 6.44. The van der Waals surface area contributed by atoms with Crippen molar-refractivity contribution in [1.82, 2.24) is 0 Å². The minimum atomic E-state index is 0.669. The third-order valence-electron chi connectivity index (χ3n) is 5.39. The van der Waals surface area contributed by atoms with E-state index >= 15 is 0 Å². The normalized spacial score (nSPS) is 11.3. The molecule has 4 heteroatoms. The van der Waals surface area contributed by atoms with E-state index in [4.69, 9.17) is 9.47 Å². The molecular formula is C31H30N2O2. The van der Waals surface area contributed by atoms with E-state index < -0.39 is 0 Å². The highest BCUT2D eigenvalue weighted by atomic mass is 16.5. The van der Waals surface area contributed by atoms with Gasteiger partial charge in [-0.3, -0.25) is 9.98 Å². The summed E-state index contributed by atoms with van der Waals surface area (Å²) in [6.45, 7) is 5.30. The first-order valence-electron chi connectivity index (χ1n) is 11.9. The molecule has 35 heavy (non-hydrogen) atoms. The van der Waals surface area contributed by atoms with Crippen molar-refractivity contribution in [2.45, 2.75) is 20.3 Å². The Kier molecular flexibility index (Phi) is 8.44. The smallest absolute Gasteiger partial charge is 0.119 e. The highest BCUT2D eigenvalue weighted by Gasteiger charge is 1.99. The molecule has 0 atom stereocenters. The standard InChI is InChI=1S/C31H30N2O2/c1-3-34-30-17-9-26(10-18-30)22-32-28-13-5-24(6-14-28)21-25-7-15-29(16-8-25)33-23-27-11-19-31(20-12-27)35-4-2/h5-20,22-23H,3-4,21H2,1-2H3. The van der Waals surface area contributed by atoms with Crippen LogP contribution in [-0.4, -0.2) is 25.6 Å². The largest absolute Gasteiger partial charge is 0.494 e. The number of ether oxygens (including phenoxy) is 2. The first-order valence-corrected chi connectivity index (χ1v) is 11.9. The molecule has 0 aromatic heterocycles. The quantitative estimate of drug-likeness (QED) is 0.228. The van der Waals surface area contributed by atoms with Gasteiger partial charge in [-0.1, -0.05) is 24.3 Å². The van der Waals surface area contributed by atoms with Crippen molar-refractivity contribution < 1.29 is 9.47 Å². The van der Waals surface area contributed by atoms with E-state index in [1.807, 2.05) is 74.8 Å². The van der Waals surface area contributed by atoms with Gasteiger partial charge in [-0.25, -0.2) is 0 Å². The van der Waals surface area contributed by atoms with E-state index in [-0.39, 0.29) is 0 Å². The molecule has 0 unspecified atom stereocenters. The fourth-order valence-corrected chi connectivity index (χ4v) is 3.57. The van der Waals surface area contributed by atoms with E-state index in [0.717, 1.165) is 40.4 Å². The number of rotatable bonds is 10. The zero-order valence-electron chi connectivity index (χ0n) is 20.2. The van der Waals surface area contributed by atoms with Gasteiger partial charge in [0.05, 0.1) is 24.6 Å². The number of hydrogen-bond acceptors (Lipinski definition) is 4. The lowest BCUT2D eigenvalue weighted by Crippen LogP contribution is -1.91. The second-order valence-corrected chi connectivity index (χ2v) is 8.03. The topological polar surface area (TPSA) is 43.2 Å². The summed E-state index contributed by atoms with van der Waals surface area (Å²) in [5.74, 6) is 1.75. The lowest BCUT2D eigenvalue weighted by molar-refractivity contribution is 0.340. The maximum Gasteiger partial charge on any atom is 0.119 e. The minimum Gasteiger partial charge on any atom is -0.494 e. The predicted molar refractivity (Wildman–Crippen MR) is 145 cm³/mol. The summed E-state index contributed by atoms with van der Waals surface area (Å²) < 4.78 is 11.0. The molecule has 4 rings (SSSR count). The molecular weight excluding hydrogens is 432 g/mol. The molecule has 4 aromatic carbocycles. The maximum atomic E-state index is 5.48. The molecule has 0 saturated heterocycles. The van der Waals surface area contributed by atoms with Gasteiger partial charge in [-0.2, -0.15) is 0 Å². The third-order valence-corrected chi connectivity index (χ3v) is 5.39. The van der Waals surface area contributed by atoms with Crippen molar-refractivity contribution in [3.05, 3.63) is 119 Å². The average Bonchev–Trinajstić information content (AvgIpc) is 2.90. The summed E-state index contributed by atoms with van der Waals surface area (Å²) in [7, 11) is 0. The van der Waals surface area contributed by atoms with E-state index in [2.05, 4.69) is 58.5 Å². The summed E-state index contributed by atoms with van der Waals surface area (Å²) in [5, 5.41) is 0. The van der Waals surface area contributed by atoms with E-state index in [1.165, 1.54) is 11.1 Å². The minimum absolute atomic E-state index is 0.669. The molecule has 0 bridgehead atoms. The Labute approximate surface area is 207 Å². The summed E-state index contributed by atoms with van der Waals surface area (Å²) in [4.78, 5) is 9.17. The Morgan fingerprint density at radius 2 is 0.886 bits per heavy atom. The summed E-state index contributed by atoms with van der Waals surface area (Å²) in [6, 6.07) is 32.6. The fourth-order valence-electron chi connectivity index (χ4n) is 3.57. The van der Waals surface area contributed by atoms with Gasteiger partial charge in [0.2, 0.25) is 0 Å². The zero-order chi connectivity index (χ0) is 24.3. The Morgan fingerprint density at radius 3 is 1.23 bits per heavy atom. The van der Waals surface area contributed by atoms with E-state index in [9.17, 15) is 0 Å². The Bertz CT molecular complexity index is 1140. The van der Waals surface area contributed by atoms with Crippen molar-refractivity contribution in [3.63, 3.8) is 0 Å². The monoisotopic (exact) mass is 462 g/mol. The Balaban J connectivity index is 1.31. The Hall–Kier alpha value is -4.18. The molecule has 4 nitrogen and oxygen atoms in total. The van der Waals surface area contributed by atoms with Crippen LogP contribution in [0, 0.1) is 0 Å². The second kappa shape index (κ2) is 12.3. The third kappa shape index (κ3) is 7.41. The molecule has 4 aromatic rings. The van der Waals surface area contributed by atoms with Crippen LogP contribution in [0.4, 0.5) is 11.4 Å². The lowest BCUT2D eigenvalue weighted by atomic mass is 10.0. The summed E-state index contributed by atoms with van der Waals surface area (Å²) in [6.07, 6.45) is 4.61. The van der Waals surface area contributed by atoms with Crippen LogP contribution in [0.5, 0.6) is 11.5 Å². The van der Waals surface area contributed by atoms with Crippen LogP contribution in [0.15, 0.2) is 107 Å². The molecule has 0 aliphatic carbocycles. The Morgan fingerprint density at radius 1 is 0.514 bits per heavy atom. The molecule has 0 spiro atoms. The van der Waals surface area contributed by atoms with E-state index in [0.29, 0.717) is 13.2 Å². The van der Waals surface area contributed by atoms with Crippen LogP contribution in [-0.2, 0) is 6.42 Å². The van der Waals surface area contributed by atoms with Crippen molar-refractivity contribution in [2.75, 3.05) is 13.2 Å². The second-order valence-electron chi connectivity index (χ2n) is 8.03. The van der Waals surface area contributed by atoms with Crippen molar-refractivity contribution >= 4 is 23.8 Å². The number of nitrogens with zero attached hydrogens (tertiary/aromatic N) is 2. The van der Waals surface area contributed by atoms with Gasteiger partial charge in [0, 0.05) is 12.4 Å². The molecule has 0 radical (unpaired) electrons. The van der Waals surface area contributed by atoms with Gasteiger partial charge in [0.1, 0.15) is 11.5 Å². The number of hydrogen-bond donors (Lipinski definition) is 0. The summed E-state index contributed by atoms with van der Waals surface area (Å²) >= 11 is 0. The van der Waals surface area contributed by atoms with Crippen LogP contribution in [0.25, 0.3) is 0 Å². The van der Waals surface area contributed by atoms with Crippen LogP contribution in [0.3, 0.4) is 0 Å². The molecule has 0 saturated carbocycles. The average molecular weight is 463 g/mol. The van der Waals surface area contributed by atoms with Crippen LogP contribution in [0.2, 0.25) is 0 Å². The predicted octanol–water partition coefficient (Wildman–Crippen LogP) is 7.58. The van der Waals surface area contributed by atoms with Gasteiger partial charge < -0.3 is 9.47 Å². The first-order chi connectivity index (χ1) is 17.2. The SMILES string of the molecule is CCOc1ccc(C=Nc2ccc(Cc3ccc(N=Cc4ccc(OCC)cc4)cc3)cc2)cc1. The van der Waals surface area contributed by atoms with Gasteiger partial charge in [-0.15, -0.1) is 0 Å². The van der Waals surface area contributed by atoms with E-state index in [1.54, 1.807) is 0 Å². The molecule has 0 aliphatic rings. The molecule has 0 N–H and O–H groups in total. The first kappa shape index (κ1) is 24.0. The lowest BCUT2D eigenvalue weighted by Gasteiger charge is -2.04. The van der Waals surface area contributed by atoms with Crippen LogP contribution >= 0.6 is 0 Å². The number of benzene rings is 4.